The topological polar surface area (TPSA) is 65.1 Å². The molecule has 2 aromatic rings. The molecule has 0 spiro atoms. The smallest absolute Gasteiger partial charge is 0.231 e. The number of fused-ring (bicyclic) bond motifs is 1. The second-order valence-corrected chi connectivity index (χ2v) is 8.74. The number of methoxy groups -OCH3 is 3. The molecule has 0 aromatic heterocycles. The minimum absolute atomic E-state index is 0.0639. The Kier molecular flexibility index (Phi) is 5.56. The number of nitrogens with zero attached hydrogens (tertiary/aromatic N) is 1. The van der Waals surface area contributed by atoms with E-state index < -0.39 is 10.0 Å². The zero-order chi connectivity index (χ0) is 20.5. The van der Waals surface area contributed by atoms with Crippen LogP contribution in [0.2, 0.25) is 0 Å². The van der Waals surface area contributed by atoms with Gasteiger partial charge in [-0.05, 0) is 41.8 Å². The Morgan fingerprint density at radius 2 is 1.61 bits per heavy atom. The summed E-state index contributed by atoms with van der Waals surface area (Å²) < 4.78 is 41.9. The molecular formula is C21H25NO5S. The highest BCUT2D eigenvalue weighted by Crippen LogP contribution is 2.45. The van der Waals surface area contributed by atoms with Crippen molar-refractivity contribution in [2.45, 2.75) is 12.3 Å². The van der Waals surface area contributed by atoms with Crippen molar-refractivity contribution in [1.29, 1.82) is 0 Å². The Labute approximate surface area is 166 Å². The average Bonchev–Trinajstić information content (AvgIpc) is 2.70. The van der Waals surface area contributed by atoms with Crippen LogP contribution in [0.3, 0.4) is 0 Å². The number of allylic oxidation sites excluding steroid dienone is 1. The minimum atomic E-state index is -3.37. The van der Waals surface area contributed by atoms with Crippen LogP contribution in [-0.2, 0) is 10.0 Å². The number of benzene rings is 2. The fraction of sp³-hybridized carbons (Fsp3) is 0.333. The summed E-state index contributed by atoms with van der Waals surface area (Å²) in [5.74, 6) is 2.08. The van der Waals surface area contributed by atoms with Gasteiger partial charge in [0.1, 0.15) is 17.2 Å². The van der Waals surface area contributed by atoms with Crippen LogP contribution in [0.15, 0.2) is 42.1 Å². The van der Waals surface area contributed by atoms with E-state index >= 15 is 0 Å². The molecule has 0 saturated heterocycles. The van der Waals surface area contributed by atoms with E-state index in [1.165, 1.54) is 10.6 Å². The van der Waals surface area contributed by atoms with E-state index in [1.807, 2.05) is 42.5 Å². The van der Waals surface area contributed by atoms with Gasteiger partial charge in [0.15, 0.2) is 0 Å². The van der Waals surface area contributed by atoms with Crippen LogP contribution in [0, 0.1) is 0 Å². The number of hydrogen-bond acceptors (Lipinski definition) is 5. The lowest BCUT2D eigenvalue weighted by Gasteiger charge is -2.32. The van der Waals surface area contributed by atoms with E-state index in [2.05, 4.69) is 0 Å². The maximum Gasteiger partial charge on any atom is 0.231 e. The Balaban J connectivity index is 2.20. The highest BCUT2D eigenvalue weighted by atomic mass is 32.2. The Hall–Kier alpha value is -2.67. The molecule has 7 heteroatoms. The summed E-state index contributed by atoms with van der Waals surface area (Å²) in [4.78, 5) is 0. The van der Waals surface area contributed by atoms with Crippen molar-refractivity contribution in [3.05, 3.63) is 58.8 Å². The Morgan fingerprint density at radius 1 is 0.964 bits per heavy atom. The molecule has 1 aliphatic rings. The summed E-state index contributed by atoms with van der Waals surface area (Å²) >= 11 is 0. The van der Waals surface area contributed by atoms with Crippen LogP contribution in [0.4, 0.5) is 0 Å². The molecule has 150 valence electrons. The van der Waals surface area contributed by atoms with Gasteiger partial charge in [0.2, 0.25) is 10.0 Å². The molecule has 1 atom stereocenters. The molecule has 0 aliphatic heterocycles. The van der Waals surface area contributed by atoms with Crippen LogP contribution >= 0.6 is 0 Å². The van der Waals surface area contributed by atoms with Crippen LogP contribution in [0.1, 0.15) is 29.0 Å². The van der Waals surface area contributed by atoms with Crippen molar-refractivity contribution < 1.29 is 22.6 Å². The van der Waals surface area contributed by atoms with E-state index in [-0.39, 0.29) is 5.92 Å². The lowest BCUT2D eigenvalue weighted by Crippen LogP contribution is -2.27. The fourth-order valence-corrected chi connectivity index (χ4v) is 4.06. The van der Waals surface area contributed by atoms with E-state index in [1.54, 1.807) is 28.4 Å². The van der Waals surface area contributed by atoms with Crippen molar-refractivity contribution in [2.75, 3.05) is 34.6 Å². The Morgan fingerprint density at radius 3 is 2.14 bits per heavy atom. The van der Waals surface area contributed by atoms with Gasteiger partial charge in [0.05, 0.1) is 27.6 Å². The van der Waals surface area contributed by atoms with Crippen LogP contribution < -0.4 is 14.2 Å². The molecule has 0 heterocycles. The van der Waals surface area contributed by atoms with Gasteiger partial charge in [-0.25, -0.2) is 8.42 Å². The lowest BCUT2D eigenvalue weighted by atomic mass is 9.80. The molecule has 28 heavy (non-hydrogen) atoms. The molecular weight excluding hydrogens is 378 g/mol. The number of rotatable bonds is 6. The first-order chi connectivity index (χ1) is 13.3. The second kappa shape index (κ2) is 7.75. The third-order valence-electron chi connectivity index (χ3n) is 5.11. The minimum Gasteiger partial charge on any atom is -0.497 e. The van der Waals surface area contributed by atoms with Gasteiger partial charge in [-0.15, -0.1) is 0 Å². The normalized spacial score (nSPS) is 16.0. The van der Waals surface area contributed by atoms with Crippen molar-refractivity contribution in [3.63, 3.8) is 0 Å². The summed E-state index contributed by atoms with van der Waals surface area (Å²) in [6.07, 6.45) is 3.63. The van der Waals surface area contributed by atoms with Gasteiger partial charge in [0, 0.05) is 30.3 Å². The molecule has 3 rings (SSSR count). The largest absolute Gasteiger partial charge is 0.497 e. The molecule has 0 fully saturated rings. The molecule has 1 unspecified atom stereocenters. The molecule has 6 nitrogen and oxygen atoms in total. The van der Waals surface area contributed by atoms with Crippen LogP contribution in [0.5, 0.6) is 17.2 Å². The monoisotopic (exact) mass is 403 g/mol. The third-order valence-corrected chi connectivity index (χ3v) is 6.34. The highest BCUT2D eigenvalue weighted by Gasteiger charge is 2.30. The van der Waals surface area contributed by atoms with Gasteiger partial charge in [-0.2, -0.15) is 0 Å². The standard InChI is InChI=1S/C21H25NO5S/c1-22(28(5,23)24)16-10-15-11-18(26-3)13-20(27-4)21(15)19(12-16)14-6-8-17(25-2)9-7-14/h6-11,13,19H,12H2,1-5H3. The molecule has 0 bridgehead atoms. The van der Waals surface area contributed by atoms with Crippen molar-refractivity contribution >= 4 is 16.1 Å². The summed E-state index contributed by atoms with van der Waals surface area (Å²) in [6.45, 7) is 0. The van der Waals surface area contributed by atoms with E-state index in [0.717, 1.165) is 22.4 Å². The number of ether oxygens (including phenoxy) is 3. The average molecular weight is 404 g/mol. The molecule has 0 saturated carbocycles. The molecule has 1 aliphatic carbocycles. The number of hydrogen-bond donors (Lipinski definition) is 0. The van der Waals surface area contributed by atoms with Crippen LogP contribution in [-0.4, -0.2) is 47.4 Å². The molecule has 2 aromatic carbocycles. The predicted octanol–water partition coefficient (Wildman–Crippen LogP) is 3.48. The molecule has 0 N–H and O–H groups in total. The zero-order valence-corrected chi connectivity index (χ0v) is 17.5. The molecule has 0 amide bonds. The van der Waals surface area contributed by atoms with Gasteiger partial charge >= 0.3 is 0 Å². The highest BCUT2D eigenvalue weighted by molar-refractivity contribution is 7.88. The maximum absolute atomic E-state index is 12.1. The third kappa shape index (κ3) is 3.80. The van der Waals surface area contributed by atoms with Gasteiger partial charge in [-0.1, -0.05) is 12.1 Å². The van der Waals surface area contributed by atoms with E-state index in [4.69, 9.17) is 14.2 Å². The molecule has 0 radical (unpaired) electrons. The summed E-state index contributed by atoms with van der Waals surface area (Å²) in [7, 11) is 3.06. The summed E-state index contributed by atoms with van der Waals surface area (Å²) in [6, 6.07) is 11.6. The van der Waals surface area contributed by atoms with Crippen LogP contribution in [0.25, 0.3) is 6.08 Å². The van der Waals surface area contributed by atoms with E-state index in [9.17, 15) is 8.42 Å². The van der Waals surface area contributed by atoms with Gasteiger partial charge < -0.3 is 14.2 Å². The fourth-order valence-electron chi connectivity index (χ4n) is 3.50. The zero-order valence-electron chi connectivity index (χ0n) is 16.7. The van der Waals surface area contributed by atoms with E-state index in [0.29, 0.717) is 23.6 Å². The lowest BCUT2D eigenvalue weighted by molar-refractivity contribution is 0.388. The Bertz CT molecular complexity index is 996. The van der Waals surface area contributed by atoms with Gasteiger partial charge in [-0.3, -0.25) is 4.31 Å². The number of sulfonamides is 1. The van der Waals surface area contributed by atoms with Gasteiger partial charge in [0.25, 0.3) is 0 Å². The first-order valence-corrected chi connectivity index (χ1v) is 10.7. The van der Waals surface area contributed by atoms with Crippen molar-refractivity contribution in [1.82, 2.24) is 4.31 Å². The summed E-state index contributed by atoms with van der Waals surface area (Å²) in [5.41, 5.74) is 3.66. The predicted molar refractivity (Wildman–Crippen MR) is 110 cm³/mol. The SMILES string of the molecule is COc1ccc(C2CC(N(C)S(C)(=O)=O)=Cc3cc(OC)cc(OC)c32)cc1. The van der Waals surface area contributed by atoms with Crippen molar-refractivity contribution in [3.8, 4) is 17.2 Å². The maximum atomic E-state index is 12.1. The first kappa shape index (κ1) is 20.1. The quantitative estimate of drug-likeness (QED) is 0.739. The first-order valence-electron chi connectivity index (χ1n) is 8.82. The van der Waals surface area contributed by atoms with Crippen molar-refractivity contribution in [2.24, 2.45) is 0 Å². The summed E-state index contributed by atoms with van der Waals surface area (Å²) in [5, 5.41) is 0. The second-order valence-electron chi connectivity index (χ2n) is 6.73.